The van der Waals surface area contributed by atoms with Crippen LogP contribution in [0, 0.1) is 0 Å². The Morgan fingerprint density at radius 3 is 2.38 bits per heavy atom. The molecule has 0 atom stereocenters. The molecule has 4 N–H and O–H groups in total. The van der Waals surface area contributed by atoms with E-state index in [1.165, 1.54) is 11.3 Å². The highest BCUT2D eigenvalue weighted by Gasteiger charge is 2.21. The Bertz CT molecular complexity index is 1410. The SMILES string of the molecule is CN(C)c1cccc2c(S(=O)(=O)Oc3ccc(-c4csc(N=C(N)N)n4)cc3)cccc12. The van der Waals surface area contributed by atoms with E-state index in [4.69, 9.17) is 15.7 Å². The molecule has 0 aliphatic heterocycles. The summed E-state index contributed by atoms with van der Waals surface area (Å²) >= 11 is 1.30. The van der Waals surface area contributed by atoms with Crippen LogP contribution in [0.3, 0.4) is 0 Å². The lowest BCUT2D eigenvalue weighted by Gasteiger charge is -2.17. The zero-order valence-electron chi connectivity index (χ0n) is 17.4. The first kappa shape index (κ1) is 21.6. The summed E-state index contributed by atoms with van der Waals surface area (Å²) in [4.78, 5) is 10.3. The molecule has 4 aromatic rings. The number of fused-ring (bicyclic) bond motifs is 1. The number of guanidine groups is 1. The zero-order chi connectivity index (χ0) is 22.9. The third-order valence-corrected chi connectivity index (χ3v) is 6.72. The molecule has 0 bridgehead atoms. The highest BCUT2D eigenvalue weighted by Crippen LogP contribution is 2.32. The number of aliphatic imine (C=N–C) groups is 1. The van der Waals surface area contributed by atoms with E-state index < -0.39 is 10.1 Å². The maximum absolute atomic E-state index is 13.1. The fourth-order valence-electron chi connectivity index (χ4n) is 3.28. The summed E-state index contributed by atoms with van der Waals surface area (Å²) < 4.78 is 31.6. The highest BCUT2D eigenvalue weighted by molar-refractivity contribution is 7.87. The van der Waals surface area contributed by atoms with Gasteiger partial charge in [-0.25, -0.2) is 4.98 Å². The van der Waals surface area contributed by atoms with Gasteiger partial charge in [-0.1, -0.05) is 24.3 Å². The zero-order valence-corrected chi connectivity index (χ0v) is 19.0. The predicted octanol–water partition coefficient (Wildman–Crippen LogP) is 3.70. The van der Waals surface area contributed by atoms with Gasteiger partial charge in [0.05, 0.1) is 5.69 Å². The van der Waals surface area contributed by atoms with Crippen LogP contribution >= 0.6 is 11.3 Å². The second-order valence-corrected chi connectivity index (χ2v) is 9.49. The minimum Gasteiger partial charge on any atom is -0.379 e. The van der Waals surface area contributed by atoms with E-state index in [-0.39, 0.29) is 16.6 Å². The number of thiazole rings is 1. The van der Waals surface area contributed by atoms with E-state index in [0.717, 1.165) is 16.6 Å². The van der Waals surface area contributed by atoms with Gasteiger partial charge in [0.15, 0.2) is 5.96 Å². The van der Waals surface area contributed by atoms with E-state index in [2.05, 4.69) is 9.98 Å². The summed E-state index contributed by atoms with van der Waals surface area (Å²) in [5.74, 6) is 0.139. The molecular formula is C22H21N5O3S2. The first-order chi connectivity index (χ1) is 15.2. The van der Waals surface area contributed by atoms with Crippen molar-refractivity contribution in [3.05, 3.63) is 66.0 Å². The van der Waals surface area contributed by atoms with Crippen molar-refractivity contribution >= 4 is 49.0 Å². The third-order valence-electron chi connectivity index (χ3n) is 4.68. The van der Waals surface area contributed by atoms with Crippen LogP contribution < -0.4 is 20.6 Å². The van der Waals surface area contributed by atoms with Crippen LogP contribution in [-0.2, 0) is 10.1 Å². The number of nitrogens with two attached hydrogens (primary N) is 2. The van der Waals surface area contributed by atoms with Crippen molar-refractivity contribution in [2.24, 2.45) is 16.5 Å². The fraction of sp³-hybridized carbons (Fsp3) is 0.0909. The Labute approximate surface area is 189 Å². The molecule has 10 heteroatoms. The fourth-order valence-corrected chi connectivity index (χ4v) is 5.15. The molecule has 32 heavy (non-hydrogen) atoms. The second-order valence-electron chi connectivity index (χ2n) is 7.14. The van der Waals surface area contributed by atoms with Crippen molar-refractivity contribution < 1.29 is 12.6 Å². The largest absolute Gasteiger partial charge is 0.379 e. The molecule has 0 amide bonds. The second kappa shape index (κ2) is 8.48. The topological polar surface area (TPSA) is 124 Å². The minimum atomic E-state index is -4.05. The summed E-state index contributed by atoms with van der Waals surface area (Å²) in [6, 6.07) is 17.3. The summed E-state index contributed by atoms with van der Waals surface area (Å²) in [5, 5.41) is 3.69. The number of rotatable bonds is 6. The lowest BCUT2D eigenvalue weighted by atomic mass is 10.1. The monoisotopic (exact) mass is 467 g/mol. The maximum Gasteiger partial charge on any atom is 0.339 e. The van der Waals surface area contributed by atoms with Crippen LogP contribution in [-0.4, -0.2) is 33.5 Å². The average Bonchev–Trinajstić information content (AvgIpc) is 3.20. The maximum atomic E-state index is 13.1. The molecule has 1 aromatic heterocycles. The van der Waals surface area contributed by atoms with Gasteiger partial charge in [0.1, 0.15) is 10.6 Å². The first-order valence-corrected chi connectivity index (χ1v) is 11.8. The lowest BCUT2D eigenvalue weighted by Crippen LogP contribution is -2.21. The van der Waals surface area contributed by atoms with Crippen molar-refractivity contribution in [2.45, 2.75) is 4.90 Å². The molecule has 4 rings (SSSR count). The molecule has 0 radical (unpaired) electrons. The van der Waals surface area contributed by atoms with Gasteiger partial charge in [-0.15, -0.1) is 11.3 Å². The smallest absolute Gasteiger partial charge is 0.339 e. The van der Waals surface area contributed by atoms with Crippen molar-refractivity contribution in [3.8, 4) is 17.0 Å². The molecule has 3 aromatic carbocycles. The van der Waals surface area contributed by atoms with Gasteiger partial charge in [-0.3, -0.25) is 0 Å². The van der Waals surface area contributed by atoms with Crippen molar-refractivity contribution in [3.63, 3.8) is 0 Å². The Morgan fingerprint density at radius 1 is 1.00 bits per heavy atom. The molecule has 0 saturated carbocycles. The summed E-state index contributed by atoms with van der Waals surface area (Å²) in [7, 11) is -0.220. The van der Waals surface area contributed by atoms with Crippen molar-refractivity contribution in [1.82, 2.24) is 4.98 Å². The molecule has 8 nitrogen and oxygen atoms in total. The van der Waals surface area contributed by atoms with E-state index in [0.29, 0.717) is 16.2 Å². The predicted molar refractivity (Wildman–Crippen MR) is 129 cm³/mol. The van der Waals surface area contributed by atoms with Crippen LogP contribution in [0.5, 0.6) is 5.75 Å². The van der Waals surface area contributed by atoms with Gasteiger partial charge in [-0.05, 0) is 36.4 Å². The van der Waals surface area contributed by atoms with Crippen LogP contribution in [0.2, 0.25) is 0 Å². The number of anilines is 1. The van der Waals surface area contributed by atoms with Crippen LogP contribution in [0.1, 0.15) is 0 Å². The normalized spacial score (nSPS) is 11.3. The van der Waals surface area contributed by atoms with E-state index in [1.807, 2.05) is 42.6 Å². The number of hydrogen-bond donors (Lipinski definition) is 2. The summed E-state index contributed by atoms with van der Waals surface area (Å²) in [6.45, 7) is 0. The molecule has 0 unspecified atom stereocenters. The highest BCUT2D eigenvalue weighted by atomic mass is 32.2. The average molecular weight is 468 g/mol. The Hall–Kier alpha value is -3.63. The molecule has 1 heterocycles. The quantitative estimate of drug-likeness (QED) is 0.252. The van der Waals surface area contributed by atoms with Gasteiger partial charge >= 0.3 is 10.1 Å². The summed E-state index contributed by atoms with van der Waals surface area (Å²) in [6.07, 6.45) is 0. The van der Waals surface area contributed by atoms with E-state index >= 15 is 0 Å². The van der Waals surface area contributed by atoms with Crippen molar-refractivity contribution in [2.75, 3.05) is 19.0 Å². The van der Waals surface area contributed by atoms with E-state index in [9.17, 15) is 8.42 Å². The Balaban J connectivity index is 1.63. The third kappa shape index (κ3) is 4.36. The number of nitrogens with zero attached hydrogens (tertiary/aromatic N) is 3. The number of hydrogen-bond acceptors (Lipinski definition) is 7. The molecular weight excluding hydrogens is 446 g/mol. The van der Waals surface area contributed by atoms with Crippen LogP contribution in [0.15, 0.2) is 75.9 Å². The lowest BCUT2D eigenvalue weighted by molar-refractivity contribution is 0.487. The van der Waals surface area contributed by atoms with Crippen molar-refractivity contribution in [1.29, 1.82) is 0 Å². The molecule has 0 saturated heterocycles. The van der Waals surface area contributed by atoms with Gasteiger partial charge < -0.3 is 20.6 Å². The standard InChI is InChI=1S/C22H21N5O3S2/c1-27(2)19-7-3-6-17-16(19)5-4-8-20(17)32(28,29)30-15-11-9-14(10-12-15)18-13-31-22(25-18)26-21(23)24/h3-13H,1-2H3,(H4,23,24,25,26). The van der Waals surface area contributed by atoms with Gasteiger partial charge in [0.2, 0.25) is 5.13 Å². The van der Waals surface area contributed by atoms with Gasteiger partial charge in [0.25, 0.3) is 0 Å². The Morgan fingerprint density at radius 2 is 1.69 bits per heavy atom. The minimum absolute atomic E-state index is 0.0639. The number of aromatic nitrogens is 1. The Kier molecular flexibility index (Phi) is 5.72. The van der Waals surface area contributed by atoms with E-state index in [1.54, 1.807) is 42.5 Å². The molecule has 0 spiro atoms. The van der Waals surface area contributed by atoms with Crippen LogP contribution in [0.25, 0.3) is 22.0 Å². The first-order valence-electron chi connectivity index (χ1n) is 9.54. The van der Waals surface area contributed by atoms with Gasteiger partial charge in [-0.2, -0.15) is 13.4 Å². The number of benzene rings is 3. The molecule has 0 aliphatic carbocycles. The van der Waals surface area contributed by atoms with Crippen LogP contribution in [0.4, 0.5) is 10.8 Å². The molecule has 0 fully saturated rings. The van der Waals surface area contributed by atoms with Gasteiger partial charge in [0, 0.05) is 41.5 Å². The molecule has 164 valence electrons. The molecule has 0 aliphatic rings. The summed E-state index contributed by atoms with van der Waals surface area (Å²) in [5.41, 5.74) is 13.1.